The zero-order chi connectivity index (χ0) is 18.1. The van der Waals surface area contributed by atoms with E-state index < -0.39 is 4.92 Å². The first-order valence-electron chi connectivity index (χ1n) is 7.51. The molecule has 1 amide bonds. The molecular weight excluding hydrogens is 340 g/mol. The van der Waals surface area contributed by atoms with E-state index in [1.165, 1.54) is 23.5 Å². The van der Waals surface area contributed by atoms with Gasteiger partial charge in [0.1, 0.15) is 0 Å². The van der Waals surface area contributed by atoms with E-state index in [0.29, 0.717) is 10.3 Å². The first kappa shape index (κ1) is 16.8. The molecule has 0 bridgehead atoms. The molecule has 0 saturated carbocycles. The number of fused-ring (bicyclic) bond motifs is 1. The molecule has 0 fully saturated rings. The van der Waals surface area contributed by atoms with Crippen LogP contribution in [-0.2, 0) is 7.05 Å². The summed E-state index contributed by atoms with van der Waals surface area (Å²) in [5.41, 5.74) is 5.61. The topological polar surface area (TPSA) is 89.5 Å². The van der Waals surface area contributed by atoms with Crippen LogP contribution >= 0.6 is 11.3 Å². The number of non-ortho nitro benzene ring substituents is 1. The number of amides is 1. The first-order chi connectivity index (χ1) is 11.9. The molecule has 0 spiro atoms. The lowest BCUT2D eigenvalue weighted by molar-refractivity contribution is -0.384. The van der Waals surface area contributed by atoms with E-state index >= 15 is 0 Å². The summed E-state index contributed by atoms with van der Waals surface area (Å²) in [6, 6.07) is 8.16. The molecular formula is C17H16N4O3S. The van der Waals surface area contributed by atoms with Gasteiger partial charge >= 0.3 is 0 Å². The second-order valence-corrected chi connectivity index (χ2v) is 6.76. The Balaban J connectivity index is 1.76. The van der Waals surface area contributed by atoms with Crippen molar-refractivity contribution in [2.24, 2.45) is 12.1 Å². The number of hydrogen-bond acceptors (Lipinski definition) is 5. The predicted molar refractivity (Wildman–Crippen MR) is 98.4 cm³/mol. The summed E-state index contributed by atoms with van der Waals surface area (Å²) in [6.07, 6.45) is 1.61. The van der Waals surface area contributed by atoms with Crippen molar-refractivity contribution in [1.29, 1.82) is 0 Å². The van der Waals surface area contributed by atoms with Crippen LogP contribution in [0.15, 0.2) is 35.4 Å². The van der Waals surface area contributed by atoms with Gasteiger partial charge in [-0.05, 0) is 32.0 Å². The van der Waals surface area contributed by atoms with Crippen LogP contribution in [0.5, 0.6) is 0 Å². The third-order valence-corrected chi connectivity index (χ3v) is 5.23. The lowest BCUT2D eigenvalue weighted by Gasteiger charge is -1.99. The van der Waals surface area contributed by atoms with E-state index in [4.69, 9.17) is 0 Å². The van der Waals surface area contributed by atoms with Crippen LogP contribution in [0, 0.1) is 24.0 Å². The van der Waals surface area contributed by atoms with Crippen LogP contribution in [0.25, 0.3) is 10.1 Å². The van der Waals surface area contributed by atoms with E-state index in [2.05, 4.69) is 10.5 Å². The number of nitro benzene ring substituents is 1. The summed E-state index contributed by atoms with van der Waals surface area (Å²) in [4.78, 5) is 23.0. The van der Waals surface area contributed by atoms with E-state index in [0.717, 1.165) is 21.7 Å². The van der Waals surface area contributed by atoms with Crippen LogP contribution in [0.2, 0.25) is 0 Å². The lowest BCUT2D eigenvalue weighted by atomic mass is 10.2. The number of hydrazone groups is 1. The summed E-state index contributed by atoms with van der Waals surface area (Å²) in [7, 11) is 1.97. The van der Waals surface area contributed by atoms with Gasteiger partial charge in [-0.1, -0.05) is 0 Å². The second kappa shape index (κ2) is 6.48. The molecule has 0 saturated heterocycles. The maximum absolute atomic E-state index is 12.2. The fourth-order valence-electron chi connectivity index (χ4n) is 2.49. The van der Waals surface area contributed by atoms with Crippen LogP contribution in [0.3, 0.4) is 0 Å². The summed E-state index contributed by atoms with van der Waals surface area (Å²) in [5, 5.41) is 15.5. The van der Waals surface area contributed by atoms with Crippen molar-refractivity contribution >= 4 is 39.2 Å². The molecule has 1 aromatic carbocycles. The van der Waals surface area contributed by atoms with Crippen molar-refractivity contribution < 1.29 is 9.72 Å². The molecule has 7 nitrogen and oxygen atoms in total. The van der Waals surface area contributed by atoms with Crippen LogP contribution in [0.4, 0.5) is 5.69 Å². The highest BCUT2D eigenvalue weighted by Gasteiger charge is 2.13. The molecule has 0 aliphatic rings. The Bertz CT molecular complexity index is 1020. The maximum atomic E-state index is 12.2. The Labute approximate surface area is 147 Å². The Morgan fingerprint density at radius 2 is 2.08 bits per heavy atom. The van der Waals surface area contributed by atoms with Gasteiger partial charge in [-0.25, -0.2) is 5.43 Å². The molecule has 8 heteroatoms. The largest absolute Gasteiger partial charge is 0.352 e. The third kappa shape index (κ3) is 3.29. The highest BCUT2D eigenvalue weighted by Crippen LogP contribution is 2.28. The van der Waals surface area contributed by atoms with Gasteiger partial charge in [0.05, 0.1) is 16.0 Å². The molecule has 0 aliphatic heterocycles. The van der Waals surface area contributed by atoms with Gasteiger partial charge in [-0.2, -0.15) is 5.10 Å². The summed E-state index contributed by atoms with van der Waals surface area (Å²) < 4.78 is 2.86. The smallest absolute Gasteiger partial charge is 0.281 e. The molecule has 1 N–H and O–H groups in total. The molecule has 25 heavy (non-hydrogen) atoms. The van der Waals surface area contributed by atoms with Crippen LogP contribution < -0.4 is 5.43 Å². The average Bonchev–Trinajstić information content (AvgIpc) is 3.11. The molecule has 0 unspecified atom stereocenters. The number of aryl methyl sites for hydroxylation is 1. The molecule has 128 valence electrons. The van der Waals surface area contributed by atoms with Gasteiger partial charge in [0.25, 0.3) is 11.6 Å². The van der Waals surface area contributed by atoms with Crippen molar-refractivity contribution in [3.63, 3.8) is 0 Å². The third-order valence-electron chi connectivity index (χ3n) is 4.12. The Hall–Kier alpha value is -3.00. The number of rotatable bonds is 4. The first-order valence-corrected chi connectivity index (χ1v) is 8.33. The van der Waals surface area contributed by atoms with Crippen LogP contribution in [0.1, 0.15) is 26.6 Å². The fourth-order valence-corrected chi connectivity index (χ4v) is 3.42. The maximum Gasteiger partial charge on any atom is 0.281 e. The Morgan fingerprint density at radius 3 is 2.72 bits per heavy atom. The van der Waals surface area contributed by atoms with Crippen molar-refractivity contribution in [3.05, 3.63) is 62.3 Å². The number of carbonyl (C=O) groups excluding carboxylic acids is 1. The number of carbonyl (C=O) groups is 1. The van der Waals surface area contributed by atoms with Crippen molar-refractivity contribution in [3.8, 4) is 0 Å². The lowest BCUT2D eigenvalue weighted by Crippen LogP contribution is -2.16. The van der Waals surface area contributed by atoms with Gasteiger partial charge in [-0.15, -0.1) is 11.3 Å². The number of nitrogens with zero attached hydrogens (tertiary/aromatic N) is 3. The molecule has 2 heterocycles. The number of nitrogens with one attached hydrogen (secondary N) is 1. The molecule has 0 radical (unpaired) electrons. The quantitative estimate of drug-likeness (QED) is 0.440. The van der Waals surface area contributed by atoms with Crippen LogP contribution in [-0.4, -0.2) is 21.6 Å². The van der Waals surface area contributed by atoms with Crippen molar-refractivity contribution in [1.82, 2.24) is 9.99 Å². The summed E-state index contributed by atoms with van der Waals surface area (Å²) in [5.74, 6) is -0.342. The monoisotopic (exact) mass is 356 g/mol. The zero-order valence-electron chi connectivity index (χ0n) is 13.9. The number of benzene rings is 1. The molecule has 0 atom stereocenters. The average molecular weight is 356 g/mol. The number of hydrogen-bond donors (Lipinski definition) is 1. The highest BCUT2D eigenvalue weighted by molar-refractivity contribution is 7.20. The SMILES string of the molecule is Cc1cc(/C=N\NC(=O)c2cc3cc([N+](=O)[O-])ccc3s2)c(C)n1C. The Kier molecular flexibility index (Phi) is 4.37. The van der Waals surface area contributed by atoms with Gasteiger partial charge in [0.2, 0.25) is 0 Å². The van der Waals surface area contributed by atoms with E-state index in [1.54, 1.807) is 18.3 Å². The summed E-state index contributed by atoms with van der Waals surface area (Å²) in [6.45, 7) is 3.98. The van der Waals surface area contributed by atoms with E-state index in [1.807, 2.05) is 31.5 Å². The second-order valence-electron chi connectivity index (χ2n) is 5.67. The van der Waals surface area contributed by atoms with E-state index in [-0.39, 0.29) is 11.6 Å². The number of thiophene rings is 1. The normalized spacial score (nSPS) is 11.3. The van der Waals surface area contributed by atoms with E-state index in [9.17, 15) is 14.9 Å². The number of nitro groups is 1. The predicted octanol–water partition coefficient (Wildman–Crippen LogP) is 3.53. The molecule has 3 rings (SSSR count). The minimum absolute atomic E-state index is 0.00482. The summed E-state index contributed by atoms with van der Waals surface area (Å²) >= 11 is 1.27. The number of aromatic nitrogens is 1. The fraction of sp³-hybridized carbons (Fsp3) is 0.176. The van der Waals surface area contributed by atoms with Crippen molar-refractivity contribution in [2.75, 3.05) is 0 Å². The highest BCUT2D eigenvalue weighted by atomic mass is 32.1. The van der Waals surface area contributed by atoms with Gasteiger partial charge in [0.15, 0.2) is 0 Å². The molecule has 0 aliphatic carbocycles. The molecule has 2 aromatic heterocycles. The van der Waals surface area contributed by atoms with Gasteiger partial charge in [-0.3, -0.25) is 14.9 Å². The minimum atomic E-state index is -0.453. The van der Waals surface area contributed by atoms with Gasteiger partial charge in [0, 0.05) is 46.2 Å². The standard InChI is InChI=1S/C17H16N4O3S/c1-10-6-13(11(2)20(10)3)9-18-19-17(22)16-8-12-7-14(21(23)24)4-5-15(12)25-16/h4-9H,1-3H3,(H,19,22)/b18-9-. The zero-order valence-corrected chi connectivity index (χ0v) is 14.8. The van der Waals surface area contributed by atoms with Gasteiger partial charge < -0.3 is 4.57 Å². The van der Waals surface area contributed by atoms with Crippen molar-refractivity contribution in [2.45, 2.75) is 13.8 Å². The Morgan fingerprint density at radius 1 is 1.32 bits per heavy atom. The molecule has 3 aromatic rings. The minimum Gasteiger partial charge on any atom is -0.352 e.